The first kappa shape index (κ1) is 23.6. The van der Waals surface area contributed by atoms with Gasteiger partial charge in [0.2, 0.25) is 11.3 Å². The van der Waals surface area contributed by atoms with Crippen molar-refractivity contribution in [3.05, 3.63) is 79.9 Å². The molecular weight excluding hydrogens is 462 g/mol. The largest absolute Gasteiger partial charge is 0.473 e. The molecule has 1 N–H and O–H groups in total. The highest BCUT2D eigenvalue weighted by molar-refractivity contribution is 6.31. The van der Waals surface area contributed by atoms with Crippen LogP contribution in [0.2, 0.25) is 5.02 Å². The number of hydrogen-bond acceptors (Lipinski definition) is 3. The highest BCUT2D eigenvalue weighted by Crippen LogP contribution is 2.36. The molecule has 0 unspecified atom stereocenters. The van der Waals surface area contributed by atoms with Gasteiger partial charge in [0.15, 0.2) is 0 Å². The zero-order chi connectivity index (χ0) is 23.8. The summed E-state index contributed by atoms with van der Waals surface area (Å²) in [4.78, 5) is 19.4. The molecule has 32 heavy (non-hydrogen) atoms. The van der Waals surface area contributed by atoms with E-state index >= 15 is 0 Å². The fourth-order valence-corrected chi connectivity index (χ4v) is 3.21. The Hall–Kier alpha value is -3.01. The van der Waals surface area contributed by atoms with Crippen molar-refractivity contribution in [3.8, 4) is 17.0 Å². The maximum absolute atomic E-state index is 13.0. The molecule has 2 heterocycles. The number of ether oxygens (including phenoxy) is 1. The second-order valence-corrected chi connectivity index (χ2v) is 7.36. The van der Waals surface area contributed by atoms with E-state index in [1.165, 1.54) is 18.3 Å². The van der Waals surface area contributed by atoms with E-state index in [9.17, 15) is 31.1 Å². The Morgan fingerprint density at radius 2 is 1.56 bits per heavy atom. The van der Waals surface area contributed by atoms with Crippen molar-refractivity contribution in [2.24, 2.45) is 0 Å². The van der Waals surface area contributed by atoms with Gasteiger partial charge in [0, 0.05) is 29.2 Å². The molecule has 0 aliphatic carbocycles. The highest BCUT2D eigenvalue weighted by Gasteiger charge is 2.36. The first-order valence-electron chi connectivity index (χ1n) is 9.04. The third-order valence-electron chi connectivity index (χ3n) is 4.56. The van der Waals surface area contributed by atoms with E-state index < -0.39 is 35.5 Å². The van der Waals surface area contributed by atoms with Gasteiger partial charge in [-0.2, -0.15) is 26.3 Å². The summed E-state index contributed by atoms with van der Waals surface area (Å²) >= 11 is 5.99. The van der Waals surface area contributed by atoms with E-state index in [0.29, 0.717) is 29.1 Å². The number of halogens is 7. The van der Waals surface area contributed by atoms with Crippen LogP contribution >= 0.6 is 11.6 Å². The van der Waals surface area contributed by atoms with Crippen molar-refractivity contribution >= 4 is 11.6 Å². The lowest BCUT2D eigenvalue weighted by molar-refractivity contribution is -0.143. The standard InChI is InChI=1S/C21H15ClF6N2O2/c1-10-17(19(31)18(22)11(2)30-10)13-3-4-16(29-8-13)32-9-12-5-14(20(23,24)25)7-15(6-12)21(26,27)28/h3-8H,9H2,1-2H3,(H,30,31). The molecule has 3 aromatic rings. The van der Waals surface area contributed by atoms with Crippen LogP contribution in [0.4, 0.5) is 26.3 Å². The van der Waals surface area contributed by atoms with Crippen molar-refractivity contribution < 1.29 is 31.1 Å². The van der Waals surface area contributed by atoms with Gasteiger partial charge >= 0.3 is 12.4 Å². The molecule has 3 rings (SSSR count). The normalized spacial score (nSPS) is 12.2. The fraction of sp³-hybridized carbons (Fsp3) is 0.238. The minimum absolute atomic E-state index is 0.0240. The van der Waals surface area contributed by atoms with Crippen LogP contribution in [0.25, 0.3) is 11.1 Å². The Kier molecular flexibility index (Phi) is 6.28. The summed E-state index contributed by atoms with van der Waals surface area (Å²) in [5, 5.41) is 0.0240. The summed E-state index contributed by atoms with van der Waals surface area (Å²) in [5.41, 5.74) is -1.83. The van der Waals surface area contributed by atoms with Crippen LogP contribution in [0.3, 0.4) is 0 Å². The summed E-state index contributed by atoms with van der Waals surface area (Å²) in [6.45, 7) is 2.75. The van der Waals surface area contributed by atoms with Gasteiger partial charge in [0.1, 0.15) is 11.6 Å². The van der Waals surface area contributed by atoms with Crippen LogP contribution in [0, 0.1) is 13.8 Å². The van der Waals surface area contributed by atoms with Gasteiger partial charge in [-0.1, -0.05) is 11.6 Å². The third-order valence-corrected chi connectivity index (χ3v) is 5.02. The minimum atomic E-state index is -4.95. The topological polar surface area (TPSA) is 55.0 Å². The maximum Gasteiger partial charge on any atom is 0.416 e. The van der Waals surface area contributed by atoms with Crippen LogP contribution in [0.1, 0.15) is 28.1 Å². The van der Waals surface area contributed by atoms with E-state index in [-0.39, 0.29) is 28.1 Å². The highest BCUT2D eigenvalue weighted by atomic mass is 35.5. The Morgan fingerprint density at radius 1 is 0.969 bits per heavy atom. The number of rotatable bonds is 4. The molecule has 0 radical (unpaired) electrons. The predicted octanol–water partition coefficient (Wildman–Crippen LogP) is 6.32. The number of pyridine rings is 2. The van der Waals surface area contributed by atoms with E-state index in [4.69, 9.17) is 16.3 Å². The zero-order valence-corrected chi connectivity index (χ0v) is 17.3. The lowest BCUT2D eigenvalue weighted by atomic mass is 10.1. The van der Waals surface area contributed by atoms with E-state index in [0.717, 1.165) is 0 Å². The van der Waals surface area contributed by atoms with Crippen LogP contribution in [0.15, 0.2) is 41.3 Å². The first-order valence-corrected chi connectivity index (χ1v) is 9.41. The fourth-order valence-electron chi connectivity index (χ4n) is 3.07. The number of alkyl halides is 6. The van der Waals surface area contributed by atoms with E-state index in [1.807, 2.05) is 0 Å². The van der Waals surface area contributed by atoms with Crippen molar-refractivity contribution in [2.75, 3.05) is 0 Å². The molecule has 1 aromatic carbocycles. The molecule has 0 amide bonds. The summed E-state index contributed by atoms with van der Waals surface area (Å²) < 4.78 is 83.1. The first-order chi connectivity index (χ1) is 14.8. The van der Waals surface area contributed by atoms with Gasteiger partial charge in [0.05, 0.1) is 16.7 Å². The third kappa shape index (κ3) is 5.07. The van der Waals surface area contributed by atoms with Crippen LogP contribution in [-0.4, -0.2) is 9.97 Å². The average molecular weight is 477 g/mol. The number of nitrogens with one attached hydrogen (secondary N) is 1. The summed E-state index contributed by atoms with van der Waals surface area (Å²) in [7, 11) is 0. The Morgan fingerprint density at radius 3 is 2.06 bits per heavy atom. The van der Waals surface area contributed by atoms with Gasteiger partial charge in [-0.15, -0.1) is 0 Å². The second kappa shape index (κ2) is 8.50. The predicted molar refractivity (Wildman–Crippen MR) is 106 cm³/mol. The van der Waals surface area contributed by atoms with Crippen molar-refractivity contribution in [3.63, 3.8) is 0 Å². The number of aryl methyl sites for hydroxylation is 2. The molecule has 0 aliphatic heterocycles. The molecule has 11 heteroatoms. The summed E-state index contributed by atoms with van der Waals surface area (Å²) in [6, 6.07) is 4.05. The molecular formula is C21H15ClF6N2O2. The number of H-pyrrole nitrogens is 1. The molecule has 0 fully saturated rings. The van der Waals surface area contributed by atoms with Crippen LogP contribution in [0.5, 0.6) is 5.88 Å². The Labute approximate surface area is 182 Å². The number of aromatic amines is 1. The van der Waals surface area contributed by atoms with Crippen molar-refractivity contribution in [1.29, 1.82) is 0 Å². The van der Waals surface area contributed by atoms with Crippen LogP contribution in [-0.2, 0) is 19.0 Å². The maximum atomic E-state index is 13.0. The van der Waals surface area contributed by atoms with E-state index in [2.05, 4.69) is 9.97 Å². The molecule has 0 aliphatic rings. The summed E-state index contributed by atoms with van der Waals surface area (Å²) in [6.07, 6.45) is -8.60. The lowest BCUT2D eigenvalue weighted by Crippen LogP contribution is -2.12. The summed E-state index contributed by atoms with van der Waals surface area (Å²) in [5.74, 6) is -0.0491. The number of aromatic nitrogens is 2. The minimum Gasteiger partial charge on any atom is -0.473 e. The Balaban J connectivity index is 1.85. The van der Waals surface area contributed by atoms with Gasteiger partial charge in [-0.05, 0) is 43.7 Å². The molecule has 0 bridgehead atoms. The van der Waals surface area contributed by atoms with Gasteiger partial charge in [-0.3, -0.25) is 4.79 Å². The average Bonchev–Trinajstić information content (AvgIpc) is 2.70. The van der Waals surface area contributed by atoms with Gasteiger partial charge in [-0.25, -0.2) is 4.98 Å². The second-order valence-electron chi connectivity index (χ2n) is 6.98. The number of benzene rings is 1. The van der Waals surface area contributed by atoms with Gasteiger partial charge in [0.25, 0.3) is 0 Å². The molecule has 170 valence electrons. The SMILES string of the molecule is Cc1[nH]c(C)c(-c2ccc(OCc3cc(C(F)(F)F)cc(C(F)(F)F)c3)nc2)c(=O)c1Cl. The molecule has 0 saturated heterocycles. The Bertz CT molecular complexity index is 1170. The van der Waals surface area contributed by atoms with Crippen molar-refractivity contribution in [1.82, 2.24) is 9.97 Å². The molecule has 0 spiro atoms. The monoisotopic (exact) mass is 476 g/mol. The molecule has 0 saturated carbocycles. The lowest BCUT2D eigenvalue weighted by Gasteiger charge is -2.14. The van der Waals surface area contributed by atoms with E-state index in [1.54, 1.807) is 13.8 Å². The molecule has 2 aromatic heterocycles. The van der Waals surface area contributed by atoms with Crippen molar-refractivity contribution in [2.45, 2.75) is 32.8 Å². The molecule has 4 nitrogen and oxygen atoms in total. The van der Waals surface area contributed by atoms with Crippen LogP contribution < -0.4 is 10.2 Å². The van der Waals surface area contributed by atoms with Gasteiger partial charge < -0.3 is 9.72 Å². The molecule has 0 atom stereocenters. The smallest absolute Gasteiger partial charge is 0.416 e. The zero-order valence-electron chi connectivity index (χ0n) is 16.6. The number of hydrogen-bond donors (Lipinski definition) is 1. The quantitative estimate of drug-likeness (QED) is 0.448. The number of nitrogens with zero attached hydrogens (tertiary/aromatic N) is 1.